The van der Waals surface area contributed by atoms with Crippen LogP contribution in [0.4, 0.5) is 11.6 Å². The Balaban J connectivity index is 2.33. The van der Waals surface area contributed by atoms with Gasteiger partial charge in [-0.1, -0.05) is 13.8 Å². The standard InChI is InChI=1S/C14H21N5O2/c1-7(2)11-17-12(15-4)8(3)13(18-11)16-9-6-10(20)19(5)14(9)21/h7,9H,6H2,1-5H3,(H2,15,16,17,18). The summed E-state index contributed by atoms with van der Waals surface area (Å²) in [6, 6.07) is -0.555. The molecule has 114 valence electrons. The first-order valence-corrected chi connectivity index (χ1v) is 6.98. The summed E-state index contributed by atoms with van der Waals surface area (Å²) >= 11 is 0. The zero-order valence-electron chi connectivity index (χ0n) is 13.0. The number of aromatic nitrogens is 2. The minimum atomic E-state index is -0.555. The van der Waals surface area contributed by atoms with E-state index in [0.29, 0.717) is 11.6 Å². The maximum Gasteiger partial charge on any atom is 0.251 e. The van der Waals surface area contributed by atoms with Crippen molar-refractivity contribution in [2.45, 2.75) is 39.2 Å². The molecule has 0 spiro atoms. The summed E-state index contributed by atoms with van der Waals surface area (Å²) in [5, 5.41) is 6.12. The van der Waals surface area contributed by atoms with Crippen LogP contribution in [-0.4, -0.2) is 46.8 Å². The van der Waals surface area contributed by atoms with Gasteiger partial charge in [0.25, 0.3) is 5.91 Å². The van der Waals surface area contributed by atoms with Gasteiger partial charge in [-0.2, -0.15) is 0 Å². The summed E-state index contributed by atoms with van der Waals surface area (Å²) in [6.07, 6.45) is 0.157. The van der Waals surface area contributed by atoms with Crippen molar-refractivity contribution < 1.29 is 9.59 Å². The van der Waals surface area contributed by atoms with E-state index in [4.69, 9.17) is 0 Å². The molecule has 2 rings (SSSR count). The maximum atomic E-state index is 12.0. The summed E-state index contributed by atoms with van der Waals surface area (Å²) < 4.78 is 0. The molecule has 1 unspecified atom stereocenters. The molecule has 0 aromatic carbocycles. The molecule has 2 amide bonds. The molecule has 1 aromatic heterocycles. The zero-order valence-corrected chi connectivity index (χ0v) is 13.0. The van der Waals surface area contributed by atoms with E-state index in [-0.39, 0.29) is 24.2 Å². The van der Waals surface area contributed by atoms with E-state index in [2.05, 4.69) is 20.6 Å². The number of anilines is 2. The van der Waals surface area contributed by atoms with Crippen LogP contribution in [0.25, 0.3) is 0 Å². The number of rotatable bonds is 4. The Hall–Kier alpha value is -2.18. The molecule has 1 atom stereocenters. The lowest BCUT2D eigenvalue weighted by atomic mass is 10.2. The topological polar surface area (TPSA) is 87.2 Å². The number of hydrogen-bond donors (Lipinski definition) is 2. The number of nitrogens with one attached hydrogen (secondary N) is 2. The number of amides is 2. The molecule has 0 bridgehead atoms. The largest absolute Gasteiger partial charge is 0.373 e. The van der Waals surface area contributed by atoms with Crippen molar-refractivity contribution in [2.75, 3.05) is 24.7 Å². The molecule has 2 heterocycles. The van der Waals surface area contributed by atoms with E-state index in [1.165, 1.54) is 7.05 Å². The summed E-state index contributed by atoms with van der Waals surface area (Å²) in [6.45, 7) is 5.89. The average Bonchev–Trinajstić information content (AvgIpc) is 2.68. The second-order valence-electron chi connectivity index (χ2n) is 5.50. The monoisotopic (exact) mass is 291 g/mol. The maximum absolute atomic E-state index is 12.0. The van der Waals surface area contributed by atoms with E-state index in [1.807, 2.05) is 20.8 Å². The molecule has 1 aliphatic rings. The molecule has 1 aliphatic heterocycles. The minimum absolute atomic E-state index is 0.157. The van der Waals surface area contributed by atoms with Gasteiger partial charge >= 0.3 is 0 Å². The van der Waals surface area contributed by atoms with Gasteiger partial charge in [0.1, 0.15) is 23.5 Å². The van der Waals surface area contributed by atoms with Gasteiger partial charge in [0, 0.05) is 25.6 Å². The van der Waals surface area contributed by atoms with Crippen LogP contribution < -0.4 is 10.6 Å². The van der Waals surface area contributed by atoms with Crippen molar-refractivity contribution in [3.8, 4) is 0 Å². The fourth-order valence-electron chi connectivity index (χ4n) is 2.21. The summed E-state index contributed by atoms with van der Waals surface area (Å²) in [4.78, 5) is 33.7. The molecule has 7 heteroatoms. The summed E-state index contributed by atoms with van der Waals surface area (Å²) in [7, 11) is 3.29. The molecular formula is C14H21N5O2. The first kappa shape index (κ1) is 15.2. The van der Waals surface area contributed by atoms with Crippen LogP contribution in [-0.2, 0) is 9.59 Å². The van der Waals surface area contributed by atoms with Gasteiger partial charge in [-0.3, -0.25) is 14.5 Å². The highest BCUT2D eigenvalue weighted by Crippen LogP contribution is 2.25. The lowest BCUT2D eigenvalue weighted by molar-refractivity contribution is -0.136. The summed E-state index contributed by atoms with van der Waals surface area (Å²) in [5.41, 5.74) is 0.830. The van der Waals surface area contributed by atoms with Crippen molar-refractivity contribution in [1.29, 1.82) is 0 Å². The van der Waals surface area contributed by atoms with Crippen LogP contribution in [0.5, 0.6) is 0 Å². The highest BCUT2D eigenvalue weighted by Gasteiger charge is 2.36. The van der Waals surface area contributed by atoms with Crippen molar-refractivity contribution in [2.24, 2.45) is 0 Å². The quantitative estimate of drug-likeness (QED) is 0.808. The molecule has 1 saturated heterocycles. The highest BCUT2D eigenvalue weighted by atomic mass is 16.2. The lowest BCUT2D eigenvalue weighted by Gasteiger charge is -2.17. The van der Waals surface area contributed by atoms with Crippen LogP contribution >= 0.6 is 0 Å². The predicted octanol–water partition coefficient (Wildman–Crippen LogP) is 1.12. The number of carbonyl (C=O) groups is 2. The van der Waals surface area contributed by atoms with E-state index in [1.54, 1.807) is 7.05 Å². The van der Waals surface area contributed by atoms with Crippen LogP contribution in [0, 0.1) is 6.92 Å². The van der Waals surface area contributed by atoms with Crippen molar-refractivity contribution >= 4 is 23.5 Å². The average molecular weight is 291 g/mol. The normalized spacial score (nSPS) is 18.6. The number of hydrogen-bond acceptors (Lipinski definition) is 6. The Labute approximate surface area is 124 Å². The van der Waals surface area contributed by atoms with Gasteiger partial charge in [-0.25, -0.2) is 9.97 Å². The predicted molar refractivity (Wildman–Crippen MR) is 80.2 cm³/mol. The lowest BCUT2D eigenvalue weighted by Crippen LogP contribution is -2.32. The SMILES string of the molecule is CNc1nc(C(C)C)nc(NC2CC(=O)N(C)C2=O)c1C. The van der Waals surface area contributed by atoms with E-state index < -0.39 is 6.04 Å². The van der Waals surface area contributed by atoms with Gasteiger partial charge in [0.05, 0.1) is 6.42 Å². The Morgan fingerprint density at radius 3 is 2.33 bits per heavy atom. The fourth-order valence-corrected chi connectivity index (χ4v) is 2.21. The van der Waals surface area contributed by atoms with Gasteiger partial charge in [-0.15, -0.1) is 0 Å². The van der Waals surface area contributed by atoms with Crippen LogP contribution in [0.1, 0.15) is 37.6 Å². The van der Waals surface area contributed by atoms with Crippen LogP contribution in [0.3, 0.4) is 0 Å². The fraction of sp³-hybridized carbons (Fsp3) is 0.571. The van der Waals surface area contributed by atoms with Crippen LogP contribution in [0.2, 0.25) is 0 Å². The first-order valence-electron chi connectivity index (χ1n) is 6.98. The molecule has 2 N–H and O–H groups in total. The van der Waals surface area contributed by atoms with Crippen LogP contribution in [0.15, 0.2) is 0 Å². The third-order valence-electron chi connectivity index (χ3n) is 3.61. The Kier molecular flexibility index (Phi) is 4.11. The summed E-state index contributed by atoms with van der Waals surface area (Å²) in [5.74, 6) is 1.78. The smallest absolute Gasteiger partial charge is 0.251 e. The van der Waals surface area contributed by atoms with Crippen molar-refractivity contribution in [3.63, 3.8) is 0 Å². The third-order valence-corrected chi connectivity index (χ3v) is 3.61. The molecule has 7 nitrogen and oxygen atoms in total. The zero-order chi connectivity index (χ0) is 15.7. The number of carbonyl (C=O) groups excluding carboxylic acids is 2. The number of likely N-dealkylation sites (N-methyl/N-ethyl adjacent to an activating group) is 1. The van der Waals surface area contributed by atoms with Crippen molar-refractivity contribution in [1.82, 2.24) is 14.9 Å². The first-order chi connectivity index (χ1) is 9.85. The van der Waals surface area contributed by atoms with Gasteiger partial charge < -0.3 is 10.6 Å². The van der Waals surface area contributed by atoms with E-state index in [0.717, 1.165) is 16.3 Å². The Morgan fingerprint density at radius 1 is 1.24 bits per heavy atom. The number of likely N-dealkylation sites (tertiary alicyclic amines) is 1. The molecule has 21 heavy (non-hydrogen) atoms. The Morgan fingerprint density at radius 2 is 1.86 bits per heavy atom. The molecule has 0 saturated carbocycles. The van der Waals surface area contributed by atoms with Crippen molar-refractivity contribution in [3.05, 3.63) is 11.4 Å². The second-order valence-corrected chi connectivity index (χ2v) is 5.50. The van der Waals surface area contributed by atoms with Gasteiger partial charge in [0.15, 0.2) is 0 Å². The second kappa shape index (κ2) is 5.67. The van der Waals surface area contributed by atoms with E-state index in [9.17, 15) is 9.59 Å². The molecule has 1 fully saturated rings. The van der Waals surface area contributed by atoms with Gasteiger partial charge in [-0.05, 0) is 6.92 Å². The number of nitrogens with zero attached hydrogens (tertiary/aromatic N) is 3. The molecular weight excluding hydrogens is 270 g/mol. The molecule has 0 aliphatic carbocycles. The van der Waals surface area contributed by atoms with Gasteiger partial charge in [0.2, 0.25) is 5.91 Å². The Bertz CT molecular complexity index is 585. The van der Waals surface area contributed by atoms with E-state index >= 15 is 0 Å². The highest BCUT2D eigenvalue weighted by molar-refractivity contribution is 6.06. The minimum Gasteiger partial charge on any atom is -0.373 e. The molecule has 0 radical (unpaired) electrons. The third kappa shape index (κ3) is 2.81. The molecule has 1 aromatic rings. The number of imide groups is 1.